The van der Waals surface area contributed by atoms with E-state index in [-0.39, 0.29) is 40.6 Å². The molecule has 13 heteroatoms. The number of hydrogen-bond acceptors (Lipinski definition) is 8. The van der Waals surface area contributed by atoms with Gasteiger partial charge in [-0.2, -0.15) is 15.6 Å². The Bertz CT molecular complexity index is 134. The minimum atomic E-state index is -5.39. The molecular formula is H4AlFeNO8P2. The summed E-state index contributed by atoms with van der Waals surface area (Å²) >= 11 is 0. The Morgan fingerprint density at radius 1 is 0.692 bits per heavy atom. The first kappa shape index (κ1) is 29.2. The first-order valence-electron chi connectivity index (χ1n) is 1.46. The Hall–Kier alpha value is 1.23. The van der Waals surface area contributed by atoms with E-state index in [1.165, 1.54) is 0 Å². The summed E-state index contributed by atoms with van der Waals surface area (Å²) in [7, 11) is -10.8. The molecule has 78 valence electrons. The fourth-order valence-electron chi connectivity index (χ4n) is 0. The van der Waals surface area contributed by atoms with Gasteiger partial charge in [0.05, 0.1) is 0 Å². The van der Waals surface area contributed by atoms with Gasteiger partial charge in [-0.05, 0) is 0 Å². The third kappa shape index (κ3) is 1100. The molecule has 4 N–H and O–H groups in total. The van der Waals surface area contributed by atoms with Crippen LogP contribution in [0.2, 0.25) is 0 Å². The van der Waals surface area contributed by atoms with Gasteiger partial charge in [0, 0.05) is 0 Å². The summed E-state index contributed by atoms with van der Waals surface area (Å²) in [6, 6.07) is 0. The molecule has 0 bridgehead atoms. The molecule has 0 aromatic carbocycles. The first-order valence-corrected chi connectivity index (χ1v) is 4.38. The van der Waals surface area contributed by atoms with Gasteiger partial charge in [-0.1, -0.05) is 0 Å². The summed E-state index contributed by atoms with van der Waals surface area (Å²) in [6.07, 6.45) is 0. The summed E-state index contributed by atoms with van der Waals surface area (Å²) in [5.41, 5.74) is 0. The average Bonchev–Trinajstić information content (AvgIpc) is 1.12. The maximum Gasteiger partial charge on any atom is 3.00 e. The van der Waals surface area contributed by atoms with Crippen LogP contribution in [-0.4, -0.2) is 17.4 Å². The average molecular weight is 291 g/mol. The van der Waals surface area contributed by atoms with Gasteiger partial charge < -0.3 is 44.6 Å². The number of quaternary nitrogens is 1. The second kappa shape index (κ2) is 11.3. The van der Waals surface area contributed by atoms with E-state index in [1.807, 2.05) is 0 Å². The summed E-state index contributed by atoms with van der Waals surface area (Å²) in [6.45, 7) is 0. The Morgan fingerprint density at radius 3 is 0.692 bits per heavy atom. The fraction of sp³-hybridized carbons (Fsp3) is 0. The molecule has 0 saturated heterocycles. The van der Waals surface area contributed by atoms with Crippen LogP contribution in [0.25, 0.3) is 0 Å². The second-order valence-electron chi connectivity index (χ2n) is 0.894. The van der Waals surface area contributed by atoms with Crippen molar-refractivity contribution >= 4 is 33.0 Å². The zero-order valence-electron chi connectivity index (χ0n) is 6.09. The third-order valence-corrected chi connectivity index (χ3v) is 0. The predicted molar refractivity (Wildman–Crippen MR) is 27.0 cm³/mol. The molecule has 0 spiro atoms. The van der Waals surface area contributed by atoms with E-state index in [0.717, 1.165) is 0 Å². The zero-order chi connectivity index (χ0) is 9.00. The van der Waals surface area contributed by atoms with Gasteiger partial charge in [0.2, 0.25) is 0 Å². The van der Waals surface area contributed by atoms with Crippen LogP contribution in [0.4, 0.5) is 0 Å². The van der Waals surface area contributed by atoms with Crippen molar-refractivity contribution < 1.29 is 55.6 Å². The Kier molecular flexibility index (Phi) is 25.4. The molecule has 0 saturated carbocycles. The first-order chi connectivity index (χ1) is 4.00. The van der Waals surface area contributed by atoms with Crippen LogP contribution in [0.15, 0.2) is 0 Å². The summed E-state index contributed by atoms with van der Waals surface area (Å²) < 4.78 is 17.1. The van der Waals surface area contributed by atoms with Crippen molar-refractivity contribution in [2.75, 3.05) is 0 Å². The van der Waals surface area contributed by atoms with Crippen molar-refractivity contribution in [2.45, 2.75) is 0 Å². The monoisotopic (exact) mass is 291 g/mol. The molecule has 13 heavy (non-hydrogen) atoms. The van der Waals surface area contributed by atoms with E-state index in [0.29, 0.717) is 0 Å². The second-order valence-corrected chi connectivity index (χ2v) is 2.68. The zero-order valence-corrected chi connectivity index (χ0v) is 10.1. The SMILES string of the molecule is O=P([O-])([O-])[O-].O=P([O-])([O-])[O-].[Al+3].[Fe+2].[NH4+]. The van der Waals surface area contributed by atoms with Crippen molar-refractivity contribution in [2.24, 2.45) is 0 Å². The van der Waals surface area contributed by atoms with E-state index >= 15 is 0 Å². The summed E-state index contributed by atoms with van der Waals surface area (Å²) in [5, 5.41) is 0. The molecule has 0 rings (SSSR count). The van der Waals surface area contributed by atoms with Gasteiger partial charge in [-0.3, -0.25) is 0 Å². The maximum atomic E-state index is 8.55. The fourth-order valence-corrected chi connectivity index (χ4v) is 0. The molecule has 0 radical (unpaired) electrons. The summed E-state index contributed by atoms with van der Waals surface area (Å²) in [5.74, 6) is 0. The third-order valence-electron chi connectivity index (χ3n) is 0. The molecule has 0 aromatic heterocycles. The molecule has 0 atom stereocenters. The van der Waals surface area contributed by atoms with Crippen LogP contribution >= 0.6 is 15.6 Å². The van der Waals surface area contributed by atoms with Crippen molar-refractivity contribution in [3.63, 3.8) is 0 Å². The van der Waals surface area contributed by atoms with Gasteiger partial charge in [0.15, 0.2) is 0 Å². The van der Waals surface area contributed by atoms with Crippen molar-refractivity contribution in [3.05, 3.63) is 0 Å². The van der Waals surface area contributed by atoms with Crippen molar-refractivity contribution in [1.82, 2.24) is 6.15 Å². The molecular weight excluding hydrogens is 287 g/mol. The molecule has 0 heterocycles. The topological polar surface area (TPSA) is 209 Å². The molecule has 0 aliphatic rings. The minimum Gasteiger partial charge on any atom is -0.822 e. The molecule has 0 aliphatic carbocycles. The van der Waals surface area contributed by atoms with E-state index in [1.54, 1.807) is 0 Å². The van der Waals surface area contributed by atoms with Crippen LogP contribution in [0.1, 0.15) is 0 Å². The molecule has 0 aliphatic heterocycles. The number of rotatable bonds is 0. The van der Waals surface area contributed by atoms with E-state index in [2.05, 4.69) is 0 Å². The van der Waals surface area contributed by atoms with Crippen molar-refractivity contribution in [1.29, 1.82) is 0 Å². The molecule has 0 aromatic rings. The van der Waals surface area contributed by atoms with Crippen LogP contribution in [0, 0.1) is 0 Å². The van der Waals surface area contributed by atoms with Gasteiger partial charge in [-0.15, -0.1) is 0 Å². The van der Waals surface area contributed by atoms with Crippen LogP contribution in [0.3, 0.4) is 0 Å². The van der Waals surface area contributed by atoms with Gasteiger partial charge >= 0.3 is 34.4 Å². The Labute approximate surface area is 94.8 Å². The molecule has 9 nitrogen and oxygen atoms in total. The standard InChI is InChI=1S/Al.Fe.H3N.2H3O4P/c;;;2*1-5(2,3)4/h;;1H3;2*(H3,1,2,3,4)/q+3;+2;;;/p-5. The Balaban J connectivity index is -0.0000000267. The van der Waals surface area contributed by atoms with Crippen molar-refractivity contribution in [3.8, 4) is 0 Å². The van der Waals surface area contributed by atoms with Crippen LogP contribution in [0.5, 0.6) is 0 Å². The predicted octanol–water partition coefficient (Wildman–Crippen LogP) is -5.66. The van der Waals surface area contributed by atoms with Gasteiger partial charge in [0.25, 0.3) is 0 Å². The quantitative estimate of drug-likeness (QED) is 0.334. The van der Waals surface area contributed by atoms with E-state index < -0.39 is 15.6 Å². The van der Waals surface area contributed by atoms with E-state index in [4.69, 9.17) is 38.5 Å². The van der Waals surface area contributed by atoms with Crippen LogP contribution in [-0.2, 0) is 26.2 Å². The number of hydrogen-bond donors (Lipinski definition) is 1. The van der Waals surface area contributed by atoms with Gasteiger partial charge in [0.1, 0.15) is 0 Å². The Morgan fingerprint density at radius 2 is 0.692 bits per heavy atom. The summed E-state index contributed by atoms with van der Waals surface area (Å²) in [4.78, 5) is 51.3. The minimum absolute atomic E-state index is 0. The smallest absolute Gasteiger partial charge is 0.822 e. The van der Waals surface area contributed by atoms with Gasteiger partial charge in [-0.25, -0.2) is 0 Å². The van der Waals surface area contributed by atoms with E-state index in [9.17, 15) is 0 Å². The molecule has 0 unspecified atom stereocenters. The largest absolute Gasteiger partial charge is 3.00 e. The normalized spacial score (nSPS) is 9.08. The molecule has 0 fully saturated rings. The van der Waals surface area contributed by atoms with Crippen LogP contribution < -0.4 is 35.5 Å². The number of phosphoric acid groups is 2. The molecule has 0 amide bonds. The maximum absolute atomic E-state index is 8.55.